The highest BCUT2D eigenvalue weighted by Crippen LogP contribution is 2.23. The van der Waals surface area contributed by atoms with E-state index in [4.69, 9.17) is 5.11 Å². The number of carbonyl (C=O) groups excluding carboxylic acids is 1. The van der Waals surface area contributed by atoms with Crippen LogP contribution in [0.1, 0.15) is 16.2 Å². The van der Waals surface area contributed by atoms with E-state index in [2.05, 4.69) is 15.3 Å². The maximum Gasteiger partial charge on any atom is 0.335 e. The molecular formula is C20H17N3O3S. The lowest BCUT2D eigenvalue weighted by atomic mass is 10.1. The Kier molecular flexibility index (Phi) is 5.83. The largest absolute Gasteiger partial charge is 0.478 e. The molecule has 7 heteroatoms. The summed E-state index contributed by atoms with van der Waals surface area (Å²) < 4.78 is 0. The maximum atomic E-state index is 12.2. The van der Waals surface area contributed by atoms with E-state index in [1.165, 1.54) is 23.9 Å². The van der Waals surface area contributed by atoms with Crippen LogP contribution < -0.4 is 5.32 Å². The lowest BCUT2D eigenvalue weighted by molar-refractivity contribution is -0.113. The quantitative estimate of drug-likeness (QED) is 0.499. The van der Waals surface area contributed by atoms with Gasteiger partial charge in [0, 0.05) is 11.3 Å². The fourth-order valence-electron chi connectivity index (χ4n) is 2.40. The second-order valence-electron chi connectivity index (χ2n) is 5.72. The molecule has 0 fully saturated rings. The molecule has 0 saturated heterocycles. The molecule has 0 unspecified atom stereocenters. The number of rotatable bonds is 6. The number of carbonyl (C=O) groups is 2. The normalized spacial score (nSPS) is 10.4. The van der Waals surface area contributed by atoms with Crippen LogP contribution >= 0.6 is 11.8 Å². The number of hydrogen-bond donors (Lipinski definition) is 2. The lowest BCUT2D eigenvalue weighted by Gasteiger charge is -2.07. The van der Waals surface area contributed by atoms with E-state index in [0.29, 0.717) is 11.5 Å². The van der Waals surface area contributed by atoms with E-state index in [0.717, 1.165) is 16.3 Å². The van der Waals surface area contributed by atoms with Crippen molar-refractivity contribution in [1.29, 1.82) is 0 Å². The Labute approximate surface area is 160 Å². The summed E-state index contributed by atoms with van der Waals surface area (Å²) in [6, 6.07) is 17.7. The lowest BCUT2D eigenvalue weighted by Crippen LogP contribution is -2.14. The fourth-order valence-corrected chi connectivity index (χ4v) is 3.15. The molecule has 136 valence electrons. The average molecular weight is 379 g/mol. The molecule has 3 aromatic rings. The van der Waals surface area contributed by atoms with Crippen LogP contribution in [0.25, 0.3) is 11.3 Å². The molecule has 2 aromatic carbocycles. The minimum atomic E-state index is -1.00. The minimum absolute atomic E-state index is 0.173. The van der Waals surface area contributed by atoms with Crippen LogP contribution in [0.3, 0.4) is 0 Å². The van der Waals surface area contributed by atoms with E-state index in [-0.39, 0.29) is 17.2 Å². The van der Waals surface area contributed by atoms with Crippen molar-refractivity contribution in [3.63, 3.8) is 0 Å². The SMILES string of the molecule is Cc1nc(SCC(=O)Nc2ccc(C(=O)O)cc2)cc(-c2ccccc2)n1. The number of carboxylic acid groups (broad SMARTS) is 1. The number of nitrogens with zero attached hydrogens (tertiary/aromatic N) is 2. The molecule has 27 heavy (non-hydrogen) atoms. The predicted molar refractivity (Wildman–Crippen MR) is 105 cm³/mol. The van der Waals surface area contributed by atoms with E-state index < -0.39 is 5.97 Å². The van der Waals surface area contributed by atoms with Crippen molar-refractivity contribution in [3.8, 4) is 11.3 Å². The van der Waals surface area contributed by atoms with Gasteiger partial charge in [0.25, 0.3) is 0 Å². The molecule has 0 aliphatic carbocycles. The second kappa shape index (κ2) is 8.46. The van der Waals surface area contributed by atoms with Crippen molar-refractivity contribution < 1.29 is 14.7 Å². The Morgan fingerprint density at radius 2 is 1.74 bits per heavy atom. The van der Waals surface area contributed by atoms with Crippen molar-refractivity contribution in [2.24, 2.45) is 0 Å². The molecule has 1 heterocycles. The van der Waals surface area contributed by atoms with Gasteiger partial charge < -0.3 is 10.4 Å². The summed E-state index contributed by atoms with van der Waals surface area (Å²) in [6.07, 6.45) is 0. The average Bonchev–Trinajstić information content (AvgIpc) is 2.67. The summed E-state index contributed by atoms with van der Waals surface area (Å²) in [5, 5.41) is 12.4. The highest BCUT2D eigenvalue weighted by molar-refractivity contribution is 7.99. The Balaban J connectivity index is 1.63. The molecule has 0 saturated carbocycles. The number of carboxylic acids is 1. The zero-order valence-corrected chi connectivity index (χ0v) is 15.4. The number of hydrogen-bond acceptors (Lipinski definition) is 5. The molecule has 2 N–H and O–H groups in total. The van der Waals surface area contributed by atoms with Crippen molar-refractivity contribution in [1.82, 2.24) is 9.97 Å². The number of amides is 1. The van der Waals surface area contributed by atoms with Gasteiger partial charge in [0.2, 0.25) is 5.91 Å². The van der Waals surface area contributed by atoms with Gasteiger partial charge in [0.1, 0.15) is 10.9 Å². The third-order valence-corrected chi connectivity index (χ3v) is 4.56. The number of thioether (sulfide) groups is 1. The highest BCUT2D eigenvalue weighted by atomic mass is 32.2. The first-order valence-electron chi connectivity index (χ1n) is 8.18. The van der Waals surface area contributed by atoms with Crippen molar-refractivity contribution >= 4 is 29.3 Å². The van der Waals surface area contributed by atoms with Crippen molar-refractivity contribution in [2.45, 2.75) is 11.9 Å². The highest BCUT2D eigenvalue weighted by Gasteiger charge is 2.09. The number of aromatic carboxylic acids is 1. The first-order chi connectivity index (χ1) is 13.0. The van der Waals surface area contributed by atoms with Crippen LogP contribution in [0, 0.1) is 6.92 Å². The van der Waals surface area contributed by atoms with Crippen molar-refractivity contribution in [3.05, 3.63) is 72.1 Å². The fraction of sp³-hybridized carbons (Fsp3) is 0.100. The van der Waals surface area contributed by atoms with Gasteiger partial charge in [-0.15, -0.1) is 0 Å². The number of aromatic nitrogens is 2. The summed E-state index contributed by atoms with van der Waals surface area (Å²) in [7, 11) is 0. The minimum Gasteiger partial charge on any atom is -0.478 e. The summed E-state index contributed by atoms with van der Waals surface area (Å²) in [4.78, 5) is 31.8. The van der Waals surface area contributed by atoms with Gasteiger partial charge in [-0.25, -0.2) is 14.8 Å². The van der Waals surface area contributed by atoms with Crippen LogP contribution in [0.5, 0.6) is 0 Å². The number of aryl methyl sites for hydroxylation is 1. The second-order valence-corrected chi connectivity index (χ2v) is 6.72. The summed E-state index contributed by atoms with van der Waals surface area (Å²) in [5.74, 6) is -0.369. The molecule has 1 aromatic heterocycles. The van der Waals surface area contributed by atoms with Crippen molar-refractivity contribution in [2.75, 3.05) is 11.1 Å². The van der Waals surface area contributed by atoms with Gasteiger partial charge >= 0.3 is 5.97 Å². The van der Waals surface area contributed by atoms with E-state index >= 15 is 0 Å². The Bertz CT molecular complexity index is 960. The number of benzene rings is 2. The topological polar surface area (TPSA) is 92.2 Å². The van der Waals surface area contributed by atoms with E-state index in [1.807, 2.05) is 43.3 Å². The maximum absolute atomic E-state index is 12.2. The van der Waals surface area contributed by atoms with Gasteiger partial charge in [-0.05, 0) is 37.3 Å². The van der Waals surface area contributed by atoms with E-state index in [9.17, 15) is 9.59 Å². The van der Waals surface area contributed by atoms with Gasteiger partial charge in [0.05, 0.1) is 17.0 Å². The summed E-state index contributed by atoms with van der Waals surface area (Å²) >= 11 is 1.32. The molecule has 0 bridgehead atoms. The standard InChI is InChI=1S/C20H17N3O3S/c1-13-21-17(14-5-3-2-4-6-14)11-19(22-13)27-12-18(24)23-16-9-7-15(8-10-16)20(25)26/h2-11H,12H2,1H3,(H,23,24)(H,25,26). The zero-order valence-electron chi connectivity index (χ0n) is 14.5. The molecular weight excluding hydrogens is 362 g/mol. The molecule has 0 radical (unpaired) electrons. The van der Waals surface area contributed by atoms with Gasteiger partial charge in [-0.3, -0.25) is 4.79 Å². The Morgan fingerprint density at radius 1 is 1.04 bits per heavy atom. The molecule has 1 amide bonds. The molecule has 0 atom stereocenters. The Morgan fingerprint density at radius 3 is 2.41 bits per heavy atom. The predicted octanol–water partition coefficient (Wildman–Crippen LogP) is 3.88. The third kappa shape index (κ3) is 5.15. The van der Waals surface area contributed by atoms with Crippen LogP contribution in [-0.2, 0) is 4.79 Å². The zero-order chi connectivity index (χ0) is 19.2. The van der Waals surface area contributed by atoms with Crippen LogP contribution in [0.2, 0.25) is 0 Å². The summed E-state index contributed by atoms with van der Waals surface area (Å²) in [6.45, 7) is 1.82. The molecule has 3 rings (SSSR count). The smallest absolute Gasteiger partial charge is 0.335 e. The molecule has 0 aliphatic rings. The van der Waals surface area contributed by atoms with Crippen LogP contribution in [-0.4, -0.2) is 32.7 Å². The third-order valence-electron chi connectivity index (χ3n) is 3.65. The van der Waals surface area contributed by atoms with Gasteiger partial charge in [-0.1, -0.05) is 42.1 Å². The Hall–Kier alpha value is -3.19. The number of nitrogens with one attached hydrogen (secondary N) is 1. The van der Waals surface area contributed by atoms with Gasteiger partial charge in [-0.2, -0.15) is 0 Å². The summed E-state index contributed by atoms with van der Waals surface area (Å²) in [5.41, 5.74) is 2.53. The van der Waals surface area contributed by atoms with E-state index in [1.54, 1.807) is 12.1 Å². The van der Waals surface area contributed by atoms with Gasteiger partial charge in [0.15, 0.2) is 0 Å². The van der Waals surface area contributed by atoms with Crippen LogP contribution in [0.4, 0.5) is 5.69 Å². The molecule has 0 spiro atoms. The first kappa shape index (κ1) is 18.6. The van der Waals surface area contributed by atoms with Crippen LogP contribution in [0.15, 0.2) is 65.7 Å². The molecule has 6 nitrogen and oxygen atoms in total. The molecule has 0 aliphatic heterocycles. The number of anilines is 1. The first-order valence-corrected chi connectivity index (χ1v) is 9.17. The monoisotopic (exact) mass is 379 g/mol.